The minimum atomic E-state index is 0.0622. The molecule has 6 heteroatoms. The van der Waals surface area contributed by atoms with Crippen LogP contribution in [0, 0.1) is 0 Å². The second-order valence-corrected chi connectivity index (χ2v) is 3.22. The van der Waals surface area contributed by atoms with Gasteiger partial charge in [0.15, 0.2) is 5.96 Å². The third-order valence-corrected chi connectivity index (χ3v) is 1.72. The van der Waals surface area contributed by atoms with Crippen LogP contribution in [0.2, 0.25) is 0 Å². The van der Waals surface area contributed by atoms with Gasteiger partial charge in [-0.15, -0.1) is 0 Å². The summed E-state index contributed by atoms with van der Waals surface area (Å²) >= 11 is 0. The summed E-state index contributed by atoms with van der Waals surface area (Å²) in [5.74, 6) is 0.408. The first-order valence-corrected chi connectivity index (χ1v) is 4.80. The summed E-state index contributed by atoms with van der Waals surface area (Å²) in [6.07, 6.45) is 0.410. The molecule has 0 aromatic rings. The van der Waals surface area contributed by atoms with Crippen molar-refractivity contribution in [1.82, 2.24) is 10.2 Å². The molecule has 6 nitrogen and oxygen atoms in total. The Morgan fingerprint density at radius 3 is 2.73 bits per heavy atom. The topological polar surface area (TPSA) is 80.0 Å². The second-order valence-electron chi connectivity index (χ2n) is 3.22. The molecule has 88 valence electrons. The number of ether oxygens (including phenoxy) is 1. The van der Waals surface area contributed by atoms with Gasteiger partial charge in [-0.1, -0.05) is 0 Å². The average molecular weight is 216 g/mol. The van der Waals surface area contributed by atoms with E-state index >= 15 is 0 Å². The van der Waals surface area contributed by atoms with Crippen molar-refractivity contribution in [3.8, 4) is 0 Å². The Kier molecular flexibility index (Phi) is 7.35. The van der Waals surface area contributed by atoms with Crippen LogP contribution in [0.4, 0.5) is 0 Å². The van der Waals surface area contributed by atoms with Crippen LogP contribution in [0.1, 0.15) is 6.42 Å². The molecule has 0 aliphatic heterocycles. The third-order valence-electron chi connectivity index (χ3n) is 1.72. The molecule has 0 bridgehead atoms. The van der Waals surface area contributed by atoms with Crippen molar-refractivity contribution in [1.29, 1.82) is 0 Å². The molecule has 0 aromatic carbocycles. The fraction of sp³-hybridized carbons (Fsp3) is 0.778. The van der Waals surface area contributed by atoms with E-state index in [0.717, 1.165) is 0 Å². The van der Waals surface area contributed by atoms with E-state index in [1.165, 1.54) is 0 Å². The predicted octanol–water partition coefficient (Wildman–Crippen LogP) is -0.985. The standard InChI is InChI=1S/C9H20N4O2/c1-13(2)8(14)4-5-11-9(10)12-6-7-15-3/h4-7H2,1-3H3,(H3,10,11,12). The summed E-state index contributed by atoms with van der Waals surface area (Å²) < 4.78 is 4.82. The van der Waals surface area contributed by atoms with E-state index in [-0.39, 0.29) is 5.91 Å². The Morgan fingerprint density at radius 1 is 1.53 bits per heavy atom. The summed E-state index contributed by atoms with van der Waals surface area (Å²) in [7, 11) is 5.05. The van der Waals surface area contributed by atoms with Gasteiger partial charge in [-0.25, -0.2) is 0 Å². The number of hydrogen-bond acceptors (Lipinski definition) is 3. The molecule has 0 atom stereocenters. The zero-order chi connectivity index (χ0) is 11.7. The number of carbonyl (C=O) groups excluding carboxylic acids is 1. The molecule has 0 fully saturated rings. The first kappa shape index (κ1) is 13.7. The highest BCUT2D eigenvalue weighted by Gasteiger charge is 2.02. The van der Waals surface area contributed by atoms with Crippen molar-refractivity contribution < 1.29 is 9.53 Å². The normalized spacial score (nSPS) is 11.3. The highest BCUT2D eigenvalue weighted by molar-refractivity contribution is 5.79. The summed E-state index contributed by atoms with van der Waals surface area (Å²) in [4.78, 5) is 16.7. The highest BCUT2D eigenvalue weighted by Crippen LogP contribution is 1.84. The van der Waals surface area contributed by atoms with E-state index in [1.807, 2.05) is 0 Å². The van der Waals surface area contributed by atoms with Gasteiger partial charge in [0.1, 0.15) is 0 Å². The number of nitrogens with zero attached hydrogens (tertiary/aromatic N) is 2. The lowest BCUT2D eigenvalue weighted by atomic mass is 10.4. The molecular formula is C9H20N4O2. The van der Waals surface area contributed by atoms with Gasteiger partial charge in [0.05, 0.1) is 13.2 Å². The van der Waals surface area contributed by atoms with Crippen LogP contribution in [0.3, 0.4) is 0 Å². The molecule has 0 saturated heterocycles. The number of hydrogen-bond donors (Lipinski definition) is 2. The smallest absolute Gasteiger partial charge is 0.223 e. The Labute approximate surface area is 90.5 Å². The quantitative estimate of drug-likeness (QED) is 0.339. The Balaban J connectivity index is 3.58. The highest BCUT2D eigenvalue weighted by atomic mass is 16.5. The average Bonchev–Trinajstić information content (AvgIpc) is 2.18. The predicted molar refractivity (Wildman–Crippen MR) is 59.7 cm³/mol. The molecule has 0 heterocycles. The van der Waals surface area contributed by atoms with Gasteiger partial charge in [0, 0.05) is 34.2 Å². The van der Waals surface area contributed by atoms with Gasteiger partial charge in [0.2, 0.25) is 5.91 Å². The van der Waals surface area contributed by atoms with Crippen LogP contribution >= 0.6 is 0 Å². The van der Waals surface area contributed by atoms with E-state index in [4.69, 9.17) is 10.5 Å². The van der Waals surface area contributed by atoms with Crippen LogP contribution in [0.5, 0.6) is 0 Å². The van der Waals surface area contributed by atoms with Gasteiger partial charge in [-0.2, -0.15) is 0 Å². The number of rotatable bonds is 6. The van der Waals surface area contributed by atoms with Crippen LogP contribution in [0.25, 0.3) is 0 Å². The maximum absolute atomic E-state index is 11.2. The minimum absolute atomic E-state index is 0.0622. The van der Waals surface area contributed by atoms with E-state index in [9.17, 15) is 4.79 Å². The first-order valence-electron chi connectivity index (χ1n) is 4.80. The largest absolute Gasteiger partial charge is 0.383 e. The van der Waals surface area contributed by atoms with Gasteiger partial charge < -0.3 is 20.7 Å². The van der Waals surface area contributed by atoms with Gasteiger partial charge in [0.25, 0.3) is 0 Å². The lowest BCUT2D eigenvalue weighted by Crippen LogP contribution is -2.35. The van der Waals surface area contributed by atoms with Crippen LogP contribution in [-0.2, 0) is 9.53 Å². The molecule has 0 radical (unpaired) electrons. The van der Waals surface area contributed by atoms with Crippen molar-refractivity contribution >= 4 is 11.9 Å². The lowest BCUT2D eigenvalue weighted by Gasteiger charge is -2.10. The van der Waals surface area contributed by atoms with E-state index in [0.29, 0.717) is 32.1 Å². The molecule has 0 spiro atoms. The molecule has 0 saturated carbocycles. The zero-order valence-electron chi connectivity index (χ0n) is 9.62. The first-order chi connectivity index (χ1) is 7.07. The molecule has 3 N–H and O–H groups in total. The van der Waals surface area contributed by atoms with Gasteiger partial charge in [-0.05, 0) is 0 Å². The number of aliphatic imine (C=N–C) groups is 1. The minimum Gasteiger partial charge on any atom is -0.383 e. The summed E-state index contributed by atoms with van der Waals surface area (Å²) in [5, 5.41) is 2.85. The fourth-order valence-corrected chi connectivity index (χ4v) is 0.834. The summed E-state index contributed by atoms with van der Waals surface area (Å²) in [6.45, 7) is 1.56. The molecule has 1 amide bonds. The summed E-state index contributed by atoms with van der Waals surface area (Å²) in [6, 6.07) is 0. The number of nitrogens with two attached hydrogens (primary N) is 1. The van der Waals surface area contributed by atoms with Crippen LogP contribution in [-0.4, -0.2) is 57.7 Å². The van der Waals surface area contributed by atoms with E-state index < -0.39 is 0 Å². The molecule has 15 heavy (non-hydrogen) atoms. The Hall–Kier alpha value is -1.30. The number of amides is 1. The van der Waals surface area contributed by atoms with Crippen LogP contribution < -0.4 is 11.1 Å². The maximum atomic E-state index is 11.2. The number of methoxy groups -OCH3 is 1. The number of nitrogens with one attached hydrogen (secondary N) is 1. The number of guanidine groups is 1. The Bertz CT molecular complexity index is 216. The molecular weight excluding hydrogens is 196 g/mol. The lowest BCUT2D eigenvalue weighted by molar-refractivity contribution is -0.128. The molecule has 0 aliphatic carbocycles. The van der Waals surface area contributed by atoms with Crippen molar-refractivity contribution in [2.75, 3.05) is 40.9 Å². The molecule has 0 rings (SSSR count). The third kappa shape index (κ3) is 7.75. The second kappa shape index (κ2) is 8.05. The Morgan fingerprint density at radius 2 is 2.20 bits per heavy atom. The van der Waals surface area contributed by atoms with Gasteiger partial charge in [-0.3, -0.25) is 9.79 Å². The summed E-state index contributed by atoms with van der Waals surface area (Å²) in [5.41, 5.74) is 5.54. The van der Waals surface area contributed by atoms with Crippen molar-refractivity contribution in [3.05, 3.63) is 0 Å². The molecule has 0 unspecified atom stereocenters. The van der Waals surface area contributed by atoms with Crippen molar-refractivity contribution in [2.45, 2.75) is 6.42 Å². The van der Waals surface area contributed by atoms with Crippen molar-refractivity contribution in [3.63, 3.8) is 0 Å². The molecule has 0 aromatic heterocycles. The maximum Gasteiger partial charge on any atom is 0.223 e. The number of carbonyl (C=O) groups is 1. The van der Waals surface area contributed by atoms with Crippen LogP contribution in [0.15, 0.2) is 4.99 Å². The van der Waals surface area contributed by atoms with Gasteiger partial charge >= 0.3 is 0 Å². The fourth-order valence-electron chi connectivity index (χ4n) is 0.834. The molecule has 0 aliphatic rings. The van der Waals surface area contributed by atoms with E-state index in [1.54, 1.807) is 26.1 Å². The zero-order valence-corrected chi connectivity index (χ0v) is 9.62. The van der Waals surface area contributed by atoms with Crippen molar-refractivity contribution in [2.24, 2.45) is 10.7 Å². The SMILES string of the molecule is COCCN=C(N)NCCC(=O)N(C)C. The monoisotopic (exact) mass is 216 g/mol. The van der Waals surface area contributed by atoms with E-state index in [2.05, 4.69) is 10.3 Å².